The number of rotatable bonds is 1. The molecular weight excluding hydrogens is 330 g/mol. The number of nitrogen functional groups attached to an aromatic ring is 1. The fourth-order valence-electron chi connectivity index (χ4n) is 2.64. The lowest BCUT2D eigenvalue weighted by molar-refractivity contribution is 0.895. The van der Waals surface area contributed by atoms with Gasteiger partial charge in [-0.3, -0.25) is 4.79 Å². The van der Waals surface area contributed by atoms with Crippen LogP contribution in [0, 0.1) is 20.8 Å². The van der Waals surface area contributed by atoms with Crippen molar-refractivity contribution < 1.29 is 0 Å². The van der Waals surface area contributed by atoms with Gasteiger partial charge in [0, 0.05) is 22.8 Å². The molecule has 0 spiro atoms. The number of thiophene rings is 1. The van der Waals surface area contributed by atoms with E-state index in [9.17, 15) is 4.79 Å². The second-order valence-corrected chi connectivity index (χ2v) is 7.40. The Balaban J connectivity index is 2.03. The number of hydrogen-bond acceptors (Lipinski definition) is 7. The third-order valence-corrected chi connectivity index (χ3v) is 5.75. The summed E-state index contributed by atoms with van der Waals surface area (Å²) in [7, 11) is 0. The van der Waals surface area contributed by atoms with E-state index in [0.717, 1.165) is 26.4 Å². The quantitative estimate of drug-likeness (QED) is 0.574. The van der Waals surface area contributed by atoms with Crippen LogP contribution in [0.3, 0.4) is 0 Å². The molecule has 0 aromatic carbocycles. The van der Waals surface area contributed by atoms with Gasteiger partial charge < -0.3 is 5.73 Å². The highest BCUT2D eigenvalue weighted by Crippen LogP contribution is 2.42. The van der Waals surface area contributed by atoms with Crippen LogP contribution in [0.4, 0.5) is 5.69 Å². The van der Waals surface area contributed by atoms with Crippen molar-refractivity contribution in [3.05, 3.63) is 39.4 Å². The van der Waals surface area contributed by atoms with Crippen molar-refractivity contribution in [3.63, 3.8) is 0 Å². The van der Waals surface area contributed by atoms with E-state index in [-0.39, 0.29) is 5.56 Å². The molecule has 0 saturated heterocycles. The lowest BCUT2D eigenvalue weighted by atomic mass is 10.1. The van der Waals surface area contributed by atoms with Crippen LogP contribution >= 0.6 is 22.7 Å². The molecule has 2 N–H and O–H groups in total. The summed E-state index contributed by atoms with van der Waals surface area (Å²) in [4.78, 5) is 23.3. The van der Waals surface area contributed by atoms with Crippen LogP contribution in [0.15, 0.2) is 16.9 Å². The molecule has 0 saturated carbocycles. The van der Waals surface area contributed by atoms with Crippen molar-refractivity contribution in [1.82, 2.24) is 19.6 Å². The van der Waals surface area contributed by atoms with E-state index in [4.69, 9.17) is 5.73 Å². The van der Waals surface area contributed by atoms with Crippen LogP contribution in [0.5, 0.6) is 0 Å². The van der Waals surface area contributed by atoms with Gasteiger partial charge >= 0.3 is 0 Å². The Morgan fingerprint density at radius 2 is 1.83 bits per heavy atom. The minimum atomic E-state index is -0.181. The zero-order valence-corrected chi connectivity index (χ0v) is 14.4. The SMILES string of the molecule is Cc1cc(C)c2c(N)c(-c3nn4c(=O)cc(C)nc4s3)sc2n1. The number of hydrogen-bond donors (Lipinski definition) is 1. The predicted molar refractivity (Wildman–Crippen MR) is 94.4 cm³/mol. The van der Waals surface area contributed by atoms with Gasteiger partial charge in [-0.25, -0.2) is 9.97 Å². The average Bonchev–Trinajstić information content (AvgIpc) is 3.00. The topological polar surface area (TPSA) is 86.2 Å². The van der Waals surface area contributed by atoms with E-state index in [0.29, 0.717) is 21.3 Å². The van der Waals surface area contributed by atoms with Gasteiger partial charge in [0.25, 0.3) is 5.56 Å². The number of aryl methyl sites for hydroxylation is 3. The van der Waals surface area contributed by atoms with Crippen molar-refractivity contribution in [3.8, 4) is 9.88 Å². The van der Waals surface area contributed by atoms with Gasteiger partial charge in [0.05, 0.1) is 10.6 Å². The van der Waals surface area contributed by atoms with Gasteiger partial charge in [-0.2, -0.15) is 9.61 Å². The van der Waals surface area contributed by atoms with Crippen LogP contribution in [-0.4, -0.2) is 19.6 Å². The Labute approximate surface area is 139 Å². The fourth-order valence-corrected chi connectivity index (χ4v) is 4.89. The van der Waals surface area contributed by atoms with Crippen molar-refractivity contribution in [2.75, 3.05) is 5.73 Å². The van der Waals surface area contributed by atoms with Crippen molar-refractivity contribution in [2.45, 2.75) is 20.8 Å². The zero-order valence-electron chi connectivity index (χ0n) is 12.7. The lowest BCUT2D eigenvalue weighted by Gasteiger charge is -1.99. The van der Waals surface area contributed by atoms with Crippen LogP contribution in [0.2, 0.25) is 0 Å². The summed E-state index contributed by atoms with van der Waals surface area (Å²) in [6.45, 7) is 5.79. The number of nitrogens with two attached hydrogens (primary N) is 1. The standard InChI is InChI=1S/C15H13N5OS2/c1-6-4-7(2)17-13-10(6)11(16)12(22-13)14-19-20-9(21)5-8(3)18-15(20)23-14/h4-5H,16H2,1-3H3. The monoisotopic (exact) mass is 343 g/mol. The average molecular weight is 343 g/mol. The molecule has 0 aliphatic rings. The van der Waals surface area contributed by atoms with Crippen molar-refractivity contribution >= 4 is 43.5 Å². The first-order chi connectivity index (χ1) is 10.9. The van der Waals surface area contributed by atoms with Gasteiger partial charge in [-0.05, 0) is 32.4 Å². The highest BCUT2D eigenvalue weighted by molar-refractivity contribution is 7.27. The summed E-state index contributed by atoms with van der Waals surface area (Å²) >= 11 is 2.86. The van der Waals surface area contributed by atoms with E-state index in [2.05, 4.69) is 15.1 Å². The number of fused-ring (bicyclic) bond motifs is 2. The smallest absolute Gasteiger partial charge is 0.275 e. The van der Waals surface area contributed by atoms with Crippen molar-refractivity contribution in [2.24, 2.45) is 0 Å². The molecule has 116 valence electrons. The first-order valence-electron chi connectivity index (χ1n) is 6.98. The Morgan fingerprint density at radius 1 is 1.09 bits per heavy atom. The summed E-state index contributed by atoms with van der Waals surface area (Å²) in [6, 6.07) is 3.49. The molecule has 0 unspecified atom stereocenters. The highest BCUT2D eigenvalue weighted by atomic mass is 32.1. The third-order valence-electron chi connectivity index (χ3n) is 3.59. The first kappa shape index (κ1) is 14.3. The summed E-state index contributed by atoms with van der Waals surface area (Å²) < 4.78 is 1.32. The second kappa shape index (κ2) is 4.84. The fraction of sp³-hybridized carbons (Fsp3) is 0.200. The molecule has 0 bridgehead atoms. The minimum absolute atomic E-state index is 0.181. The largest absolute Gasteiger partial charge is 0.397 e. The lowest BCUT2D eigenvalue weighted by Crippen LogP contribution is -2.14. The number of pyridine rings is 1. The molecule has 4 aromatic heterocycles. The van der Waals surface area contributed by atoms with Gasteiger partial charge in [0.15, 0.2) is 5.01 Å². The molecule has 0 amide bonds. The predicted octanol–water partition coefficient (Wildman–Crippen LogP) is 2.94. The van der Waals surface area contributed by atoms with Gasteiger partial charge in [-0.15, -0.1) is 11.3 Å². The van der Waals surface area contributed by atoms with E-state index < -0.39 is 0 Å². The summed E-state index contributed by atoms with van der Waals surface area (Å²) in [5.41, 5.74) is 9.56. The van der Waals surface area contributed by atoms with Gasteiger partial charge in [0.2, 0.25) is 4.96 Å². The Morgan fingerprint density at radius 3 is 2.61 bits per heavy atom. The zero-order chi connectivity index (χ0) is 16.3. The molecule has 8 heteroatoms. The minimum Gasteiger partial charge on any atom is -0.397 e. The molecule has 4 rings (SSSR count). The normalized spacial score (nSPS) is 11.6. The molecule has 4 heterocycles. The molecule has 4 aromatic rings. The Bertz CT molecular complexity index is 1140. The van der Waals surface area contributed by atoms with E-state index in [1.807, 2.05) is 19.9 Å². The third kappa shape index (κ3) is 2.13. The van der Waals surface area contributed by atoms with Gasteiger partial charge in [-0.1, -0.05) is 11.3 Å². The van der Waals surface area contributed by atoms with Crippen LogP contribution in [-0.2, 0) is 0 Å². The van der Waals surface area contributed by atoms with E-state index >= 15 is 0 Å². The number of anilines is 1. The maximum atomic E-state index is 12.0. The molecule has 0 atom stereocenters. The molecular formula is C15H13N5OS2. The first-order valence-corrected chi connectivity index (χ1v) is 8.61. The Kier molecular flexibility index (Phi) is 3.00. The summed E-state index contributed by atoms with van der Waals surface area (Å²) in [6.07, 6.45) is 0. The number of aromatic nitrogens is 4. The summed E-state index contributed by atoms with van der Waals surface area (Å²) in [5.74, 6) is 0. The molecule has 0 aliphatic carbocycles. The molecule has 0 aliphatic heterocycles. The molecule has 6 nitrogen and oxygen atoms in total. The number of nitrogens with zero attached hydrogens (tertiary/aromatic N) is 4. The van der Waals surface area contributed by atoms with Gasteiger partial charge in [0.1, 0.15) is 4.83 Å². The van der Waals surface area contributed by atoms with Crippen molar-refractivity contribution in [1.29, 1.82) is 0 Å². The maximum Gasteiger partial charge on any atom is 0.275 e. The second-order valence-electron chi connectivity index (χ2n) is 5.44. The van der Waals surface area contributed by atoms with E-state index in [1.54, 1.807) is 6.92 Å². The highest BCUT2D eigenvalue weighted by Gasteiger charge is 2.18. The van der Waals surface area contributed by atoms with Crippen LogP contribution in [0.1, 0.15) is 17.0 Å². The summed E-state index contributed by atoms with van der Waals surface area (Å²) in [5, 5.41) is 6.05. The molecule has 0 fully saturated rings. The van der Waals surface area contributed by atoms with E-state index in [1.165, 1.54) is 33.3 Å². The van der Waals surface area contributed by atoms with Crippen LogP contribution < -0.4 is 11.3 Å². The molecule has 0 radical (unpaired) electrons. The molecule has 23 heavy (non-hydrogen) atoms. The Hall–Kier alpha value is -2.32. The maximum absolute atomic E-state index is 12.0. The van der Waals surface area contributed by atoms with Crippen LogP contribution in [0.25, 0.3) is 25.1 Å².